The summed E-state index contributed by atoms with van der Waals surface area (Å²) in [7, 11) is -3.87. The lowest BCUT2D eigenvalue weighted by molar-refractivity contribution is 0.0999. The zero-order chi connectivity index (χ0) is 27.9. The fourth-order valence-corrected chi connectivity index (χ4v) is 7.77. The Labute approximate surface area is 228 Å². The van der Waals surface area contributed by atoms with Crippen molar-refractivity contribution in [2.75, 3.05) is 13.1 Å². The summed E-state index contributed by atoms with van der Waals surface area (Å²) in [5, 5.41) is 14.8. The average molecular weight is 553 g/mol. The van der Waals surface area contributed by atoms with Crippen molar-refractivity contribution in [3.63, 3.8) is 0 Å². The van der Waals surface area contributed by atoms with Crippen molar-refractivity contribution < 1.29 is 22.7 Å². The van der Waals surface area contributed by atoms with Gasteiger partial charge in [0.05, 0.1) is 29.4 Å². The van der Waals surface area contributed by atoms with E-state index in [9.17, 15) is 22.7 Å². The van der Waals surface area contributed by atoms with Crippen LogP contribution in [0, 0.1) is 11.7 Å². The number of allylic oxidation sites excluding steroid dienone is 1. The molecule has 0 unspecified atom stereocenters. The third-order valence-electron chi connectivity index (χ3n) is 7.83. The Morgan fingerprint density at radius 1 is 1.23 bits per heavy atom. The molecule has 3 N–H and O–H groups in total. The molecular formula is C29H33FN4O4S. The molecule has 2 aromatic carbocycles. The van der Waals surface area contributed by atoms with Crippen LogP contribution in [0.3, 0.4) is 0 Å². The number of benzene rings is 2. The van der Waals surface area contributed by atoms with Gasteiger partial charge in [0.25, 0.3) is 0 Å². The number of halogens is 1. The first kappa shape index (κ1) is 27.2. The van der Waals surface area contributed by atoms with Crippen molar-refractivity contribution in [3.05, 3.63) is 94.1 Å². The van der Waals surface area contributed by atoms with Crippen molar-refractivity contribution >= 4 is 15.9 Å². The molecule has 0 saturated heterocycles. The van der Waals surface area contributed by atoms with Crippen LogP contribution in [0.4, 0.5) is 4.39 Å². The smallest absolute Gasteiger partial charge is 0.249 e. The standard InChI is InChI=1S/C29H33FN4O4S/c1-18(35)15-33(39(37,38)17-22-5-3-4-6-25(22)29(31)36)16-21-8-7-20-13-27-26(19(2)28(20)21)14-32-34(27)24-11-9-23(30)10-12-24/h3-6,9-12,14,18-19,21,35H,7-8,13,15-17H2,1-2H3,(H2,31,36)/t18-,19+,21+/m1/s1. The Hall–Kier alpha value is -3.34. The minimum Gasteiger partial charge on any atom is -0.392 e. The Kier molecular flexibility index (Phi) is 7.45. The summed E-state index contributed by atoms with van der Waals surface area (Å²) in [5.41, 5.74) is 11.5. The number of carbonyl (C=O) groups is 1. The minimum absolute atomic E-state index is 0.00256. The van der Waals surface area contributed by atoms with E-state index in [2.05, 4.69) is 12.0 Å². The second-order valence-electron chi connectivity index (χ2n) is 10.6. The van der Waals surface area contributed by atoms with Crippen LogP contribution in [0.5, 0.6) is 0 Å². The van der Waals surface area contributed by atoms with E-state index in [-0.39, 0.29) is 42.1 Å². The number of sulfonamides is 1. The van der Waals surface area contributed by atoms with E-state index in [0.29, 0.717) is 12.0 Å². The molecule has 2 aliphatic carbocycles. The molecule has 3 atom stereocenters. The highest BCUT2D eigenvalue weighted by molar-refractivity contribution is 7.88. The first-order valence-electron chi connectivity index (χ1n) is 13.1. The number of aliphatic hydroxyl groups is 1. The Morgan fingerprint density at radius 2 is 1.95 bits per heavy atom. The molecule has 3 aromatic rings. The van der Waals surface area contributed by atoms with E-state index in [1.165, 1.54) is 33.7 Å². The predicted octanol–water partition coefficient (Wildman–Crippen LogP) is 3.69. The molecule has 0 fully saturated rings. The Balaban J connectivity index is 1.41. The van der Waals surface area contributed by atoms with Gasteiger partial charge in [-0.05, 0) is 61.6 Å². The third kappa shape index (κ3) is 5.41. The van der Waals surface area contributed by atoms with Crippen molar-refractivity contribution in [1.82, 2.24) is 14.1 Å². The number of primary amides is 1. The monoisotopic (exact) mass is 552 g/mol. The summed E-state index contributed by atoms with van der Waals surface area (Å²) >= 11 is 0. The normalized spacial score (nSPS) is 19.7. The van der Waals surface area contributed by atoms with Gasteiger partial charge in [0.15, 0.2) is 0 Å². The van der Waals surface area contributed by atoms with Gasteiger partial charge in [-0.3, -0.25) is 4.79 Å². The summed E-state index contributed by atoms with van der Waals surface area (Å²) in [4.78, 5) is 11.9. The number of amides is 1. The summed E-state index contributed by atoms with van der Waals surface area (Å²) in [5.74, 6) is -1.30. The molecule has 1 heterocycles. The number of nitrogens with zero attached hydrogens (tertiary/aromatic N) is 3. The van der Waals surface area contributed by atoms with E-state index >= 15 is 0 Å². The van der Waals surface area contributed by atoms with E-state index in [1.54, 1.807) is 37.3 Å². The molecule has 0 bridgehead atoms. The van der Waals surface area contributed by atoms with Crippen LogP contribution in [0.2, 0.25) is 0 Å². The molecule has 1 aromatic heterocycles. The number of nitrogens with two attached hydrogens (primary N) is 1. The lowest BCUT2D eigenvalue weighted by Crippen LogP contribution is -2.41. The molecule has 206 valence electrons. The van der Waals surface area contributed by atoms with Crippen LogP contribution >= 0.6 is 0 Å². The molecule has 0 aliphatic heterocycles. The first-order chi connectivity index (χ1) is 18.5. The van der Waals surface area contributed by atoms with Gasteiger partial charge >= 0.3 is 0 Å². The summed E-state index contributed by atoms with van der Waals surface area (Å²) in [6.07, 6.45) is 3.37. The fourth-order valence-electron chi connectivity index (χ4n) is 6.09. The first-order valence-corrected chi connectivity index (χ1v) is 14.7. The summed E-state index contributed by atoms with van der Waals surface area (Å²) in [6.45, 7) is 3.90. The van der Waals surface area contributed by atoms with Crippen molar-refractivity contribution in [2.45, 2.75) is 50.9 Å². The fraction of sp³-hybridized carbons (Fsp3) is 0.379. The lowest BCUT2D eigenvalue weighted by Gasteiger charge is -2.31. The number of hydrogen-bond donors (Lipinski definition) is 2. The Bertz CT molecular complexity index is 1530. The van der Waals surface area contributed by atoms with Gasteiger partial charge in [-0.15, -0.1) is 0 Å². The van der Waals surface area contributed by atoms with Crippen molar-refractivity contribution in [1.29, 1.82) is 0 Å². The van der Waals surface area contributed by atoms with Crippen LogP contribution in [0.1, 0.15) is 59.8 Å². The van der Waals surface area contributed by atoms with Crippen LogP contribution in [-0.2, 0) is 22.2 Å². The van der Waals surface area contributed by atoms with Crippen LogP contribution in [0.15, 0.2) is 65.9 Å². The molecule has 10 heteroatoms. The maximum atomic E-state index is 13.6. The number of carbonyl (C=O) groups excluding carboxylic acids is 1. The molecule has 0 radical (unpaired) electrons. The Morgan fingerprint density at radius 3 is 2.64 bits per heavy atom. The zero-order valence-corrected chi connectivity index (χ0v) is 22.9. The van der Waals surface area contributed by atoms with E-state index in [0.717, 1.165) is 29.8 Å². The number of rotatable bonds is 9. The molecule has 39 heavy (non-hydrogen) atoms. The van der Waals surface area contributed by atoms with Gasteiger partial charge < -0.3 is 10.8 Å². The van der Waals surface area contributed by atoms with Crippen LogP contribution in [-0.4, -0.2) is 52.7 Å². The van der Waals surface area contributed by atoms with Gasteiger partial charge in [-0.1, -0.05) is 36.3 Å². The molecule has 0 saturated carbocycles. The van der Waals surface area contributed by atoms with E-state index in [1.807, 2.05) is 10.9 Å². The van der Waals surface area contributed by atoms with Gasteiger partial charge in [0.2, 0.25) is 15.9 Å². The maximum Gasteiger partial charge on any atom is 0.249 e. The second kappa shape index (κ2) is 10.7. The van der Waals surface area contributed by atoms with Crippen molar-refractivity contribution in [3.8, 4) is 5.69 Å². The van der Waals surface area contributed by atoms with Gasteiger partial charge in [-0.25, -0.2) is 17.5 Å². The molecule has 0 spiro atoms. The van der Waals surface area contributed by atoms with E-state index < -0.39 is 22.0 Å². The quantitative estimate of drug-likeness (QED) is 0.393. The highest BCUT2D eigenvalue weighted by Gasteiger charge is 2.38. The summed E-state index contributed by atoms with van der Waals surface area (Å²) in [6, 6.07) is 12.7. The number of aromatic nitrogens is 2. The molecular weight excluding hydrogens is 519 g/mol. The van der Waals surface area contributed by atoms with Gasteiger partial charge in [0, 0.05) is 36.6 Å². The van der Waals surface area contributed by atoms with E-state index in [4.69, 9.17) is 5.73 Å². The summed E-state index contributed by atoms with van der Waals surface area (Å²) < 4.78 is 44.0. The van der Waals surface area contributed by atoms with Crippen molar-refractivity contribution in [2.24, 2.45) is 11.7 Å². The minimum atomic E-state index is -3.87. The average Bonchev–Trinajstić information content (AvgIpc) is 3.49. The molecule has 2 aliphatic rings. The highest BCUT2D eigenvalue weighted by atomic mass is 32.2. The SMILES string of the molecule is C[C@@H]1C2=C(CC[C@H]2CN(C[C@@H](C)O)S(=O)(=O)Cc2ccccc2C(N)=O)Cc2c1cnn2-c1ccc(F)cc1. The zero-order valence-electron chi connectivity index (χ0n) is 22.0. The predicted molar refractivity (Wildman–Crippen MR) is 146 cm³/mol. The molecule has 8 nitrogen and oxygen atoms in total. The number of fused-ring (bicyclic) bond motifs is 1. The van der Waals surface area contributed by atoms with Crippen LogP contribution < -0.4 is 5.73 Å². The molecule has 5 rings (SSSR count). The maximum absolute atomic E-state index is 13.6. The topological polar surface area (TPSA) is 119 Å². The largest absolute Gasteiger partial charge is 0.392 e. The van der Waals surface area contributed by atoms with Crippen LogP contribution in [0.25, 0.3) is 5.69 Å². The highest BCUT2D eigenvalue weighted by Crippen LogP contribution is 2.47. The third-order valence-corrected chi connectivity index (χ3v) is 9.60. The van der Waals surface area contributed by atoms with Gasteiger partial charge in [0.1, 0.15) is 5.82 Å². The van der Waals surface area contributed by atoms with Gasteiger partial charge in [-0.2, -0.15) is 9.40 Å². The number of hydrogen-bond acceptors (Lipinski definition) is 5. The lowest BCUT2D eigenvalue weighted by atomic mass is 9.80. The second-order valence-corrected chi connectivity index (χ2v) is 12.5. The number of aliphatic hydroxyl groups excluding tert-OH is 1. The molecule has 1 amide bonds.